The van der Waals surface area contributed by atoms with Gasteiger partial charge in [0.2, 0.25) is 11.6 Å². The Morgan fingerprint density at radius 2 is 1.43 bits per heavy atom. The maximum absolute atomic E-state index is 12.4. The van der Waals surface area contributed by atoms with E-state index in [-0.39, 0.29) is 37.1 Å². The molecule has 2 N–H and O–H groups in total. The van der Waals surface area contributed by atoms with Crippen LogP contribution < -0.4 is 0 Å². The van der Waals surface area contributed by atoms with Crippen LogP contribution in [0.3, 0.4) is 0 Å². The number of carbonyl (C=O) groups excluding carboxylic acids is 3. The minimum absolute atomic E-state index is 0.136. The lowest BCUT2D eigenvalue weighted by Gasteiger charge is -2.23. The Labute approximate surface area is 167 Å². The zero-order valence-corrected chi connectivity index (χ0v) is 16.7. The fourth-order valence-electron chi connectivity index (χ4n) is 4.89. The van der Waals surface area contributed by atoms with Gasteiger partial charge in [-0.2, -0.15) is 0 Å². The predicted molar refractivity (Wildman–Crippen MR) is 104 cm³/mol. The molecule has 2 rings (SSSR count). The van der Waals surface area contributed by atoms with Crippen molar-refractivity contribution in [2.24, 2.45) is 23.7 Å². The molecule has 2 fully saturated rings. The van der Waals surface area contributed by atoms with Crippen LogP contribution in [0.25, 0.3) is 0 Å². The molecule has 6 nitrogen and oxygen atoms in total. The van der Waals surface area contributed by atoms with Crippen LogP contribution in [0.2, 0.25) is 0 Å². The Bertz CT molecular complexity index is 555. The molecule has 6 heteroatoms. The van der Waals surface area contributed by atoms with Gasteiger partial charge in [-0.1, -0.05) is 31.4 Å². The van der Waals surface area contributed by atoms with E-state index in [1.807, 2.05) is 6.08 Å². The van der Waals surface area contributed by atoms with Crippen molar-refractivity contribution in [3.63, 3.8) is 0 Å². The molecule has 2 aliphatic carbocycles. The monoisotopic (exact) mass is 394 g/mol. The number of unbranched alkanes of at least 4 members (excludes halogenated alkanes) is 4. The summed E-state index contributed by atoms with van der Waals surface area (Å²) in [5.41, 5.74) is 0. The number of allylic oxidation sites excluding steroid dienone is 1. The molecule has 0 aromatic rings. The van der Waals surface area contributed by atoms with Crippen LogP contribution in [0.4, 0.5) is 0 Å². The summed E-state index contributed by atoms with van der Waals surface area (Å²) in [4.78, 5) is 36.7. The quantitative estimate of drug-likeness (QED) is 0.203. The van der Waals surface area contributed by atoms with Crippen molar-refractivity contribution in [1.82, 2.24) is 0 Å². The van der Waals surface area contributed by atoms with Crippen molar-refractivity contribution < 1.29 is 29.3 Å². The van der Waals surface area contributed by atoms with Crippen molar-refractivity contribution in [1.29, 1.82) is 0 Å². The van der Waals surface area contributed by atoms with Crippen LogP contribution in [0.5, 0.6) is 0 Å². The minimum Gasteiger partial charge on any atom is -0.396 e. The van der Waals surface area contributed by atoms with Gasteiger partial charge in [0.15, 0.2) is 0 Å². The molecule has 158 valence electrons. The van der Waals surface area contributed by atoms with Gasteiger partial charge in [-0.25, -0.2) is 0 Å². The third-order valence-electron chi connectivity index (χ3n) is 6.25. The van der Waals surface area contributed by atoms with E-state index in [9.17, 15) is 14.4 Å². The second-order valence-electron chi connectivity index (χ2n) is 7.99. The van der Waals surface area contributed by atoms with E-state index in [1.165, 1.54) is 0 Å². The maximum atomic E-state index is 12.4. The standard InChI is InChI=1S/C22H34O6/c23-12-8-4-2-1-3-6-10-16-17(11-7-5-9-13-28-15-24)19-14-18(16)20(25)22(27)21(19)26/h2,4,16-19,23-24H,1,3,5-15H2. The number of hydrogen-bond acceptors (Lipinski definition) is 6. The molecule has 0 amide bonds. The summed E-state index contributed by atoms with van der Waals surface area (Å²) in [5.74, 6) is -1.92. The Hall–Kier alpha value is -1.37. The molecule has 0 saturated heterocycles. The van der Waals surface area contributed by atoms with Crippen LogP contribution in [0, 0.1) is 23.7 Å². The first-order valence-electron chi connectivity index (χ1n) is 10.7. The van der Waals surface area contributed by atoms with Gasteiger partial charge >= 0.3 is 0 Å². The van der Waals surface area contributed by atoms with Crippen LogP contribution in [0.1, 0.15) is 64.2 Å². The van der Waals surface area contributed by atoms with E-state index >= 15 is 0 Å². The Kier molecular flexibility index (Phi) is 10.0. The number of hydrogen-bond donors (Lipinski definition) is 2. The Balaban J connectivity index is 1.87. The van der Waals surface area contributed by atoms with E-state index in [1.54, 1.807) is 0 Å². The van der Waals surface area contributed by atoms with Gasteiger partial charge in [-0.05, 0) is 56.8 Å². The number of fused-ring (bicyclic) bond motifs is 2. The lowest BCUT2D eigenvalue weighted by molar-refractivity contribution is -0.149. The zero-order chi connectivity index (χ0) is 20.4. The number of rotatable bonds is 14. The molecule has 0 radical (unpaired) electrons. The minimum atomic E-state index is -0.767. The van der Waals surface area contributed by atoms with Gasteiger partial charge in [-0.15, -0.1) is 0 Å². The largest absolute Gasteiger partial charge is 0.396 e. The van der Waals surface area contributed by atoms with E-state index in [2.05, 4.69) is 6.08 Å². The van der Waals surface area contributed by atoms with E-state index in [4.69, 9.17) is 14.9 Å². The van der Waals surface area contributed by atoms with Crippen molar-refractivity contribution >= 4 is 17.3 Å². The molecule has 0 heterocycles. The molecule has 0 aromatic carbocycles. The van der Waals surface area contributed by atoms with Gasteiger partial charge in [0.05, 0.1) is 0 Å². The average molecular weight is 395 g/mol. The zero-order valence-electron chi connectivity index (χ0n) is 16.7. The highest BCUT2D eigenvalue weighted by atomic mass is 16.6. The fourth-order valence-corrected chi connectivity index (χ4v) is 4.89. The Morgan fingerprint density at radius 3 is 2.04 bits per heavy atom. The first-order valence-corrected chi connectivity index (χ1v) is 10.7. The molecular formula is C22H34O6. The highest BCUT2D eigenvalue weighted by Gasteiger charge is 2.55. The number of aliphatic hydroxyl groups excluding tert-OH is 2. The van der Waals surface area contributed by atoms with Gasteiger partial charge < -0.3 is 14.9 Å². The van der Waals surface area contributed by atoms with Crippen LogP contribution in [0.15, 0.2) is 12.2 Å². The third-order valence-corrected chi connectivity index (χ3v) is 6.25. The first-order chi connectivity index (χ1) is 13.6. The summed E-state index contributed by atoms with van der Waals surface area (Å²) in [6.45, 7) is 0.429. The Morgan fingerprint density at radius 1 is 0.821 bits per heavy atom. The van der Waals surface area contributed by atoms with Crippen LogP contribution in [-0.4, -0.2) is 47.6 Å². The van der Waals surface area contributed by atoms with Gasteiger partial charge in [0, 0.05) is 25.0 Å². The molecule has 2 saturated carbocycles. The van der Waals surface area contributed by atoms with Crippen molar-refractivity contribution in [3.8, 4) is 0 Å². The molecule has 0 spiro atoms. The van der Waals surface area contributed by atoms with Gasteiger partial charge in [0.1, 0.15) is 6.79 Å². The number of aliphatic hydroxyl groups is 2. The van der Waals surface area contributed by atoms with E-state index in [0.717, 1.165) is 51.4 Å². The van der Waals surface area contributed by atoms with Crippen LogP contribution >= 0.6 is 0 Å². The molecule has 4 atom stereocenters. The number of carbonyl (C=O) groups is 3. The van der Waals surface area contributed by atoms with Crippen LogP contribution in [-0.2, 0) is 19.1 Å². The molecule has 0 aromatic heterocycles. The predicted octanol–water partition coefficient (Wildman–Crippen LogP) is 2.60. The first kappa shape index (κ1) is 22.9. The summed E-state index contributed by atoms with van der Waals surface area (Å²) in [7, 11) is 0. The fraction of sp³-hybridized carbons (Fsp3) is 0.773. The highest BCUT2D eigenvalue weighted by molar-refractivity contribution is 6.65. The normalized spacial score (nSPS) is 27.3. The van der Waals surface area contributed by atoms with Crippen molar-refractivity contribution in [2.45, 2.75) is 64.2 Å². The SMILES string of the molecule is O=C1C(=O)C2CC(C1=O)C(CCCCCOCO)C2CCCCC=CCCO. The highest BCUT2D eigenvalue weighted by Crippen LogP contribution is 2.50. The summed E-state index contributed by atoms with van der Waals surface area (Å²) >= 11 is 0. The number of Topliss-reactive ketones (excluding diaryl/α,β-unsaturated/α-hetero) is 3. The number of ketones is 3. The topological polar surface area (TPSA) is 101 Å². The van der Waals surface area contributed by atoms with Crippen molar-refractivity contribution in [3.05, 3.63) is 12.2 Å². The van der Waals surface area contributed by atoms with E-state index in [0.29, 0.717) is 19.4 Å². The molecule has 2 bridgehead atoms. The third kappa shape index (κ3) is 6.06. The molecule has 28 heavy (non-hydrogen) atoms. The lowest BCUT2D eigenvalue weighted by atomic mass is 9.80. The van der Waals surface area contributed by atoms with Gasteiger partial charge in [0.25, 0.3) is 5.78 Å². The van der Waals surface area contributed by atoms with Gasteiger partial charge in [-0.3, -0.25) is 14.4 Å². The van der Waals surface area contributed by atoms with Crippen molar-refractivity contribution in [2.75, 3.05) is 20.0 Å². The molecular weight excluding hydrogens is 360 g/mol. The maximum Gasteiger partial charge on any atom is 0.264 e. The number of ether oxygens (including phenoxy) is 1. The molecule has 4 unspecified atom stereocenters. The smallest absolute Gasteiger partial charge is 0.264 e. The average Bonchev–Trinajstić information content (AvgIpc) is 3.03. The lowest BCUT2D eigenvalue weighted by Crippen LogP contribution is -2.38. The second-order valence-corrected chi connectivity index (χ2v) is 7.99. The summed E-state index contributed by atoms with van der Waals surface area (Å²) in [5, 5.41) is 17.4. The second kappa shape index (κ2) is 12.2. The summed E-state index contributed by atoms with van der Waals surface area (Å²) in [6, 6.07) is 0. The molecule has 0 aliphatic heterocycles. The van der Waals surface area contributed by atoms with E-state index < -0.39 is 17.3 Å². The molecule has 2 aliphatic rings. The summed E-state index contributed by atoms with van der Waals surface area (Å²) < 4.78 is 4.93. The summed E-state index contributed by atoms with van der Waals surface area (Å²) in [6.07, 6.45) is 12.7.